The molecule has 6 heteroatoms. The van der Waals surface area contributed by atoms with Crippen molar-refractivity contribution in [3.8, 4) is 0 Å². The van der Waals surface area contributed by atoms with Gasteiger partial charge in [0, 0.05) is 17.7 Å². The van der Waals surface area contributed by atoms with Gasteiger partial charge in [-0.25, -0.2) is 14.4 Å². The predicted molar refractivity (Wildman–Crippen MR) is 58.1 cm³/mol. The van der Waals surface area contributed by atoms with E-state index in [0.29, 0.717) is 6.08 Å². The normalized spacial score (nSPS) is 11.9. The maximum absolute atomic E-state index is 11.1. The van der Waals surface area contributed by atoms with Crippen molar-refractivity contribution < 1.29 is 29.0 Å². The highest BCUT2D eigenvalue weighted by Crippen LogP contribution is 1.99. The van der Waals surface area contributed by atoms with Crippen LogP contribution in [0.15, 0.2) is 24.3 Å². The number of carboxylic acids is 1. The average Bonchev–Trinajstić information content (AvgIpc) is 2.23. The van der Waals surface area contributed by atoms with Crippen LogP contribution in [0.3, 0.4) is 0 Å². The SMILES string of the molecule is C=C(C)C(=O)OC(C)COC(=O)/C=C/C(=O)O. The van der Waals surface area contributed by atoms with Crippen LogP contribution in [0.1, 0.15) is 13.8 Å². The molecule has 94 valence electrons. The minimum absolute atomic E-state index is 0.151. The van der Waals surface area contributed by atoms with E-state index in [2.05, 4.69) is 11.3 Å². The highest BCUT2D eigenvalue weighted by Gasteiger charge is 2.11. The molecule has 0 aromatic rings. The fourth-order valence-electron chi connectivity index (χ4n) is 0.704. The second-order valence-corrected chi connectivity index (χ2v) is 3.30. The topological polar surface area (TPSA) is 89.9 Å². The summed E-state index contributed by atoms with van der Waals surface area (Å²) in [4.78, 5) is 32.1. The van der Waals surface area contributed by atoms with Crippen LogP contribution in [0.4, 0.5) is 0 Å². The number of carbonyl (C=O) groups is 3. The number of esters is 2. The van der Waals surface area contributed by atoms with Gasteiger partial charge >= 0.3 is 17.9 Å². The lowest BCUT2D eigenvalue weighted by Gasteiger charge is -2.12. The van der Waals surface area contributed by atoms with E-state index in [-0.39, 0.29) is 12.2 Å². The summed E-state index contributed by atoms with van der Waals surface area (Å²) in [5, 5.41) is 8.25. The van der Waals surface area contributed by atoms with Crippen LogP contribution < -0.4 is 0 Å². The summed E-state index contributed by atoms with van der Waals surface area (Å²) >= 11 is 0. The average molecular weight is 242 g/mol. The minimum Gasteiger partial charge on any atom is -0.478 e. The van der Waals surface area contributed by atoms with Gasteiger partial charge in [-0.3, -0.25) is 0 Å². The molecule has 0 bridgehead atoms. The molecule has 0 heterocycles. The van der Waals surface area contributed by atoms with E-state index in [4.69, 9.17) is 9.84 Å². The van der Waals surface area contributed by atoms with Gasteiger partial charge in [-0.2, -0.15) is 0 Å². The molecule has 1 atom stereocenters. The first-order valence-corrected chi connectivity index (χ1v) is 4.77. The highest BCUT2D eigenvalue weighted by atomic mass is 16.6. The molecular weight excluding hydrogens is 228 g/mol. The number of rotatable bonds is 6. The van der Waals surface area contributed by atoms with Crippen molar-refractivity contribution in [1.82, 2.24) is 0 Å². The standard InChI is InChI=1S/C11H14O6/c1-7(2)11(15)17-8(3)6-16-10(14)5-4-9(12)13/h4-5,8H,1,6H2,2-3H3,(H,12,13)/b5-4+. The van der Waals surface area contributed by atoms with Gasteiger partial charge in [0.05, 0.1) is 0 Å². The summed E-state index contributed by atoms with van der Waals surface area (Å²) in [7, 11) is 0. The molecule has 0 radical (unpaired) electrons. The van der Waals surface area contributed by atoms with Crippen molar-refractivity contribution in [2.75, 3.05) is 6.61 Å². The molecule has 0 amide bonds. The molecule has 0 spiro atoms. The van der Waals surface area contributed by atoms with Crippen LogP contribution in [-0.2, 0) is 23.9 Å². The summed E-state index contributed by atoms with van der Waals surface area (Å²) in [6.07, 6.45) is 0.809. The molecule has 17 heavy (non-hydrogen) atoms. The smallest absolute Gasteiger partial charge is 0.333 e. The Labute approximate surface area is 98.5 Å². The first-order valence-electron chi connectivity index (χ1n) is 4.77. The summed E-state index contributed by atoms with van der Waals surface area (Å²) in [6.45, 7) is 6.28. The zero-order valence-electron chi connectivity index (χ0n) is 9.63. The van der Waals surface area contributed by atoms with Gasteiger partial charge in [-0.05, 0) is 13.8 Å². The maximum atomic E-state index is 11.1. The first-order chi connectivity index (χ1) is 7.82. The van der Waals surface area contributed by atoms with Crippen molar-refractivity contribution in [2.45, 2.75) is 20.0 Å². The summed E-state index contributed by atoms with van der Waals surface area (Å²) in [5.74, 6) is -2.64. The lowest BCUT2D eigenvalue weighted by atomic mass is 10.3. The molecule has 0 aliphatic rings. The molecular formula is C11H14O6. The number of hydrogen-bond acceptors (Lipinski definition) is 5. The zero-order chi connectivity index (χ0) is 13.4. The number of ether oxygens (including phenoxy) is 2. The third-order valence-corrected chi connectivity index (χ3v) is 1.48. The largest absolute Gasteiger partial charge is 0.478 e. The Bertz CT molecular complexity index is 355. The van der Waals surface area contributed by atoms with Gasteiger partial charge in [-0.15, -0.1) is 0 Å². The van der Waals surface area contributed by atoms with E-state index >= 15 is 0 Å². The second-order valence-electron chi connectivity index (χ2n) is 3.30. The predicted octanol–water partition coefficient (Wildman–Crippen LogP) is 0.678. The molecule has 0 aromatic carbocycles. The van der Waals surface area contributed by atoms with Crippen molar-refractivity contribution in [2.24, 2.45) is 0 Å². The van der Waals surface area contributed by atoms with Gasteiger partial charge in [-0.1, -0.05) is 6.58 Å². The Morgan fingerprint density at radius 3 is 2.41 bits per heavy atom. The molecule has 1 N–H and O–H groups in total. The van der Waals surface area contributed by atoms with E-state index in [1.54, 1.807) is 0 Å². The second kappa shape index (κ2) is 7.21. The quantitative estimate of drug-likeness (QED) is 0.544. The van der Waals surface area contributed by atoms with Gasteiger partial charge in [0.15, 0.2) is 0 Å². The number of hydrogen-bond donors (Lipinski definition) is 1. The lowest BCUT2D eigenvalue weighted by Crippen LogP contribution is -2.22. The van der Waals surface area contributed by atoms with Crippen molar-refractivity contribution in [1.29, 1.82) is 0 Å². The van der Waals surface area contributed by atoms with Gasteiger partial charge < -0.3 is 14.6 Å². The summed E-state index contributed by atoms with van der Waals surface area (Å²) < 4.78 is 9.47. The van der Waals surface area contributed by atoms with Gasteiger partial charge in [0.25, 0.3) is 0 Å². The van der Waals surface area contributed by atoms with Gasteiger partial charge in [0.2, 0.25) is 0 Å². The van der Waals surface area contributed by atoms with Crippen molar-refractivity contribution in [3.05, 3.63) is 24.3 Å². The zero-order valence-corrected chi connectivity index (χ0v) is 9.63. The molecule has 6 nitrogen and oxygen atoms in total. The number of aliphatic carboxylic acids is 1. The van der Waals surface area contributed by atoms with E-state index in [0.717, 1.165) is 6.08 Å². The van der Waals surface area contributed by atoms with Crippen LogP contribution in [0, 0.1) is 0 Å². The highest BCUT2D eigenvalue weighted by molar-refractivity contribution is 5.90. The summed E-state index contributed by atoms with van der Waals surface area (Å²) in [6, 6.07) is 0. The number of carbonyl (C=O) groups excluding carboxylic acids is 2. The molecule has 0 fully saturated rings. The molecule has 1 unspecified atom stereocenters. The fourth-order valence-corrected chi connectivity index (χ4v) is 0.704. The lowest BCUT2D eigenvalue weighted by molar-refractivity contribution is -0.152. The van der Waals surface area contributed by atoms with E-state index in [9.17, 15) is 14.4 Å². The monoisotopic (exact) mass is 242 g/mol. The Morgan fingerprint density at radius 1 is 1.35 bits per heavy atom. The van der Waals surface area contributed by atoms with E-state index in [1.807, 2.05) is 0 Å². The summed E-state index contributed by atoms with van der Waals surface area (Å²) in [5.41, 5.74) is 0.244. The van der Waals surface area contributed by atoms with Crippen LogP contribution in [0.2, 0.25) is 0 Å². The molecule has 0 aromatic heterocycles. The molecule has 0 aliphatic heterocycles. The van der Waals surface area contributed by atoms with Crippen LogP contribution in [-0.4, -0.2) is 35.7 Å². The van der Waals surface area contributed by atoms with Crippen LogP contribution in [0.25, 0.3) is 0 Å². The Hall–Kier alpha value is -2.11. The molecule has 0 saturated carbocycles. The Balaban J connectivity index is 3.96. The third-order valence-electron chi connectivity index (χ3n) is 1.48. The Kier molecular flexibility index (Phi) is 6.32. The third kappa shape index (κ3) is 7.78. The van der Waals surface area contributed by atoms with E-state index < -0.39 is 24.0 Å². The molecule has 0 saturated heterocycles. The van der Waals surface area contributed by atoms with Crippen molar-refractivity contribution in [3.63, 3.8) is 0 Å². The molecule has 0 rings (SSSR count). The number of carboxylic acid groups (broad SMARTS) is 1. The fraction of sp³-hybridized carbons (Fsp3) is 0.364. The van der Waals surface area contributed by atoms with Crippen LogP contribution >= 0.6 is 0 Å². The first kappa shape index (κ1) is 14.9. The van der Waals surface area contributed by atoms with E-state index in [1.165, 1.54) is 13.8 Å². The minimum atomic E-state index is -1.25. The Morgan fingerprint density at radius 2 is 1.94 bits per heavy atom. The molecule has 0 aliphatic carbocycles. The van der Waals surface area contributed by atoms with Crippen molar-refractivity contribution >= 4 is 17.9 Å². The maximum Gasteiger partial charge on any atom is 0.333 e. The van der Waals surface area contributed by atoms with Crippen LogP contribution in [0.5, 0.6) is 0 Å². The van der Waals surface area contributed by atoms with Gasteiger partial charge in [0.1, 0.15) is 12.7 Å².